The van der Waals surface area contributed by atoms with Crippen molar-refractivity contribution in [1.29, 1.82) is 0 Å². The number of aryl methyl sites for hydroxylation is 1. The minimum Gasteiger partial charge on any atom is -0.493 e. The first-order valence-electron chi connectivity index (χ1n) is 8.97. The van der Waals surface area contributed by atoms with E-state index >= 15 is 0 Å². The number of hydrogen-bond donors (Lipinski definition) is 2. The topological polar surface area (TPSA) is 116 Å². The first-order valence-corrected chi connectivity index (χ1v) is 8.97. The molecule has 3 rings (SSSR count). The number of carbonyl (C=O) groups is 2. The van der Waals surface area contributed by atoms with Gasteiger partial charge in [-0.15, -0.1) is 0 Å². The second kappa shape index (κ2) is 9.46. The summed E-state index contributed by atoms with van der Waals surface area (Å²) in [7, 11) is 1.49. The summed E-state index contributed by atoms with van der Waals surface area (Å²) < 4.78 is 21.0. The van der Waals surface area contributed by atoms with E-state index in [2.05, 4.69) is 10.9 Å². The van der Waals surface area contributed by atoms with Crippen LogP contribution < -0.4 is 30.7 Å². The lowest BCUT2D eigenvalue weighted by Gasteiger charge is -2.11. The van der Waals surface area contributed by atoms with Crippen molar-refractivity contribution in [1.82, 2.24) is 10.9 Å². The van der Waals surface area contributed by atoms with Gasteiger partial charge in [0.2, 0.25) is 0 Å². The molecule has 0 aliphatic heterocycles. The van der Waals surface area contributed by atoms with Crippen molar-refractivity contribution >= 4 is 22.8 Å². The molecule has 0 fully saturated rings. The van der Waals surface area contributed by atoms with Crippen LogP contribution in [0.15, 0.2) is 57.7 Å². The average Bonchev–Trinajstić information content (AvgIpc) is 2.74. The van der Waals surface area contributed by atoms with Gasteiger partial charge in [-0.3, -0.25) is 20.4 Å². The first-order chi connectivity index (χ1) is 14.5. The molecule has 0 saturated heterocycles. The Labute approximate surface area is 171 Å². The molecule has 156 valence electrons. The Balaban J connectivity index is 1.46. The van der Waals surface area contributed by atoms with Gasteiger partial charge in [-0.1, -0.05) is 12.1 Å². The fourth-order valence-electron chi connectivity index (χ4n) is 2.64. The number of rotatable bonds is 7. The van der Waals surface area contributed by atoms with Crippen molar-refractivity contribution in [3.8, 4) is 17.2 Å². The number of hydrogen-bond acceptors (Lipinski definition) is 7. The van der Waals surface area contributed by atoms with Gasteiger partial charge < -0.3 is 18.6 Å². The summed E-state index contributed by atoms with van der Waals surface area (Å²) in [5.74, 6) is 0.105. The monoisotopic (exact) mass is 412 g/mol. The van der Waals surface area contributed by atoms with Crippen LogP contribution in [-0.2, 0) is 9.59 Å². The van der Waals surface area contributed by atoms with Crippen LogP contribution in [0.4, 0.5) is 0 Å². The highest BCUT2D eigenvalue weighted by molar-refractivity contribution is 5.84. The molecular weight excluding hydrogens is 392 g/mol. The number of methoxy groups -OCH3 is 1. The van der Waals surface area contributed by atoms with Crippen molar-refractivity contribution in [3.05, 3.63) is 64.5 Å². The summed E-state index contributed by atoms with van der Waals surface area (Å²) in [5.41, 5.74) is 5.13. The fraction of sp³-hybridized carbons (Fsp3) is 0.190. The van der Waals surface area contributed by atoms with Crippen molar-refractivity contribution in [2.24, 2.45) is 0 Å². The predicted molar refractivity (Wildman–Crippen MR) is 107 cm³/mol. The number of nitrogens with one attached hydrogen (secondary N) is 2. The molecule has 2 aromatic carbocycles. The Bertz CT molecular complexity index is 1120. The van der Waals surface area contributed by atoms with Gasteiger partial charge in [0.05, 0.1) is 7.11 Å². The molecule has 0 unspecified atom stereocenters. The number of benzene rings is 2. The molecule has 9 nitrogen and oxygen atoms in total. The van der Waals surface area contributed by atoms with E-state index in [1.807, 2.05) is 0 Å². The Hall–Kier alpha value is -4.01. The maximum Gasteiger partial charge on any atom is 0.336 e. The molecule has 30 heavy (non-hydrogen) atoms. The Kier molecular flexibility index (Phi) is 6.53. The van der Waals surface area contributed by atoms with Gasteiger partial charge in [-0.25, -0.2) is 4.79 Å². The Morgan fingerprint density at radius 1 is 0.933 bits per heavy atom. The lowest BCUT2D eigenvalue weighted by Crippen LogP contribution is -2.45. The standard InChI is InChI=1S/C21H20N2O7/c1-13-9-21(26)30-18-10-14(7-8-15(13)18)28-11-19(24)22-23-20(25)12-29-17-6-4-3-5-16(17)27-2/h3-10H,11-12H2,1-2H3,(H,22,24)(H,23,25). The van der Waals surface area contributed by atoms with Crippen LogP contribution in [0.25, 0.3) is 11.0 Å². The van der Waals surface area contributed by atoms with Gasteiger partial charge in [0.1, 0.15) is 11.3 Å². The lowest BCUT2D eigenvalue weighted by molar-refractivity contribution is -0.131. The Morgan fingerprint density at radius 2 is 1.60 bits per heavy atom. The van der Waals surface area contributed by atoms with Crippen molar-refractivity contribution in [2.45, 2.75) is 6.92 Å². The van der Waals surface area contributed by atoms with Crippen molar-refractivity contribution in [2.75, 3.05) is 20.3 Å². The van der Waals surface area contributed by atoms with Crippen molar-refractivity contribution < 1.29 is 28.2 Å². The summed E-state index contributed by atoms with van der Waals surface area (Å²) in [6.07, 6.45) is 0. The summed E-state index contributed by atoms with van der Waals surface area (Å²) in [6.45, 7) is 1.13. The highest BCUT2D eigenvalue weighted by Gasteiger charge is 2.10. The maximum atomic E-state index is 11.9. The van der Waals surface area contributed by atoms with Crippen LogP contribution in [0.2, 0.25) is 0 Å². The number of fused-ring (bicyclic) bond motifs is 1. The number of hydrazine groups is 1. The zero-order valence-electron chi connectivity index (χ0n) is 16.4. The zero-order chi connectivity index (χ0) is 21.5. The quantitative estimate of drug-likeness (QED) is 0.448. The van der Waals surface area contributed by atoms with Gasteiger partial charge >= 0.3 is 5.63 Å². The van der Waals surface area contributed by atoms with Gasteiger partial charge in [-0.2, -0.15) is 0 Å². The largest absolute Gasteiger partial charge is 0.493 e. The molecule has 0 aliphatic carbocycles. The van der Waals surface area contributed by atoms with Crippen LogP contribution in [0.5, 0.6) is 17.2 Å². The molecule has 1 aromatic heterocycles. The van der Waals surface area contributed by atoms with E-state index in [1.54, 1.807) is 43.3 Å². The predicted octanol–water partition coefficient (Wildman–Crippen LogP) is 1.72. The molecule has 3 aromatic rings. The summed E-state index contributed by atoms with van der Waals surface area (Å²) in [6, 6.07) is 13.2. The van der Waals surface area contributed by atoms with E-state index in [4.69, 9.17) is 18.6 Å². The van der Waals surface area contributed by atoms with Crippen LogP contribution in [-0.4, -0.2) is 32.1 Å². The Morgan fingerprint density at radius 3 is 2.30 bits per heavy atom. The van der Waals surface area contributed by atoms with Crippen LogP contribution in [0.3, 0.4) is 0 Å². The molecule has 0 radical (unpaired) electrons. The van der Waals surface area contributed by atoms with E-state index in [-0.39, 0.29) is 13.2 Å². The van der Waals surface area contributed by atoms with Crippen LogP contribution >= 0.6 is 0 Å². The minimum atomic E-state index is -0.577. The fourth-order valence-corrected chi connectivity index (χ4v) is 2.64. The summed E-state index contributed by atoms with van der Waals surface area (Å²) >= 11 is 0. The average molecular weight is 412 g/mol. The molecule has 2 N–H and O–H groups in total. The number of para-hydroxylation sites is 2. The highest BCUT2D eigenvalue weighted by Crippen LogP contribution is 2.25. The van der Waals surface area contributed by atoms with E-state index in [1.165, 1.54) is 19.2 Å². The molecule has 0 saturated carbocycles. The minimum absolute atomic E-state index is 0.315. The molecule has 0 aliphatic rings. The molecule has 0 spiro atoms. The second-order valence-electron chi connectivity index (χ2n) is 6.23. The lowest BCUT2D eigenvalue weighted by atomic mass is 10.1. The van der Waals surface area contributed by atoms with Gasteiger partial charge in [0.25, 0.3) is 11.8 Å². The van der Waals surface area contributed by atoms with E-state index < -0.39 is 17.4 Å². The highest BCUT2D eigenvalue weighted by atomic mass is 16.5. The zero-order valence-corrected chi connectivity index (χ0v) is 16.4. The molecule has 9 heteroatoms. The third kappa shape index (κ3) is 5.28. The van der Waals surface area contributed by atoms with Gasteiger partial charge in [0.15, 0.2) is 24.7 Å². The van der Waals surface area contributed by atoms with Crippen LogP contribution in [0.1, 0.15) is 5.56 Å². The summed E-state index contributed by atoms with van der Waals surface area (Å²) in [4.78, 5) is 35.2. The smallest absolute Gasteiger partial charge is 0.336 e. The molecule has 0 bridgehead atoms. The molecule has 2 amide bonds. The first kappa shape index (κ1) is 20.7. The second-order valence-corrected chi connectivity index (χ2v) is 6.23. The van der Waals surface area contributed by atoms with Gasteiger partial charge in [-0.05, 0) is 36.8 Å². The molecule has 0 atom stereocenters. The normalized spacial score (nSPS) is 10.3. The summed E-state index contributed by atoms with van der Waals surface area (Å²) in [5, 5.41) is 0.772. The number of amides is 2. The maximum absolute atomic E-state index is 11.9. The molecular formula is C21H20N2O7. The third-order valence-electron chi connectivity index (χ3n) is 4.06. The van der Waals surface area contributed by atoms with E-state index in [0.717, 1.165) is 10.9 Å². The van der Waals surface area contributed by atoms with E-state index in [9.17, 15) is 14.4 Å². The number of ether oxygens (including phenoxy) is 3. The molecule has 1 heterocycles. The third-order valence-corrected chi connectivity index (χ3v) is 4.06. The van der Waals surface area contributed by atoms with Gasteiger partial charge in [0, 0.05) is 17.5 Å². The van der Waals surface area contributed by atoms with E-state index in [0.29, 0.717) is 22.8 Å². The van der Waals surface area contributed by atoms with Crippen molar-refractivity contribution in [3.63, 3.8) is 0 Å². The van der Waals surface area contributed by atoms with Crippen LogP contribution in [0, 0.1) is 6.92 Å². The SMILES string of the molecule is COc1ccccc1OCC(=O)NNC(=O)COc1ccc2c(C)cc(=O)oc2c1. The number of carbonyl (C=O) groups excluding carboxylic acids is 2.